The van der Waals surface area contributed by atoms with Crippen LogP contribution in [0.5, 0.6) is 0 Å². The van der Waals surface area contributed by atoms with E-state index in [1.54, 1.807) is 0 Å². The molecule has 1 atom stereocenters. The van der Waals surface area contributed by atoms with E-state index in [0.29, 0.717) is 0 Å². The summed E-state index contributed by atoms with van der Waals surface area (Å²) < 4.78 is 4.74. The average molecular weight is 250 g/mol. The minimum atomic E-state index is -0.129. The molecule has 1 aromatic heterocycles. The summed E-state index contributed by atoms with van der Waals surface area (Å²) in [6.07, 6.45) is 1.51. The Labute approximate surface area is 102 Å². The van der Waals surface area contributed by atoms with Crippen molar-refractivity contribution in [2.75, 3.05) is 0 Å². The van der Waals surface area contributed by atoms with Gasteiger partial charge in [0.1, 0.15) is 6.33 Å². The Hall–Kier alpha value is -1.20. The number of hydrogen-bond donors (Lipinski definition) is 0. The Morgan fingerprint density at radius 1 is 1.38 bits per heavy atom. The van der Waals surface area contributed by atoms with E-state index in [1.807, 2.05) is 37.3 Å². The largest absolute Gasteiger partial charge is 0.293 e. The zero-order valence-corrected chi connectivity index (χ0v) is 10.3. The van der Waals surface area contributed by atoms with Crippen molar-refractivity contribution in [2.45, 2.75) is 16.5 Å². The van der Waals surface area contributed by atoms with E-state index in [0.717, 1.165) is 9.90 Å². The van der Waals surface area contributed by atoms with Crippen LogP contribution < -0.4 is 0 Å². The van der Waals surface area contributed by atoms with Gasteiger partial charge in [-0.1, -0.05) is 42.1 Å². The number of benzene rings is 1. The van der Waals surface area contributed by atoms with Crippen molar-refractivity contribution in [3.05, 3.63) is 42.2 Å². The van der Waals surface area contributed by atoms with Crippen LogP contribution in [0, 0.1) is 0 Å². The molecule has 0 aliphatic carbocycles. The maximum atomic E-state index is 12.0. The first kappa shape index (κ1) is 11.3. The molecule has 1 heterocycles. The number of hydrogen-bond acceptors (Lipinski definition) is 5. The lowest BCUT2D eigenvalue weighted by Crippen LogP contribution is -2.13. The van der Waals surface area contributed by atoms with Crippen molar-refractivity contribution >= 4 is 29.1 Å². The van der Waals surface area contributed by atoms with Crippen LogP contribution in [0.4, 0.5) is 0 Å². The number of nitrogens with zero attached hydrogens (tertiary/aromatic N) is 2. The van der Waals surface area contributed by atoms with Crippen LogP contribution in [0.25, 0.3) is 0 Å². The second-order valence-corrected chi connectivity index (χ2v) is 5.57. The van der Waals surface area contributed by atoms with Crippen LogP contribution in [0.3, 0.4) is 0 Å². The summed E-state index contributed by atoms with van der Waals surface area (Å²) in [6.45, 7) is 1.89. The molecule has 2 aromatic rings. The standard InChI is InChI=1S/C11H10N2OS2/c1-8(15-11-12-7-13-16-11)10(14)9-5-3-2-4-6-9/h2-8H,1H3. The molecule has 2 rings (SSSR count). The van der Waals surface area contributed by atoms with E-state index in [9.17, 15) is 4.79 Å². The van der Waals surface area contributed by atoms with Crippen molar-refractivity contribution in [2.24, 2.45) is 0 Å². The molecule has 0 radical (unpaired) electrons. The molecule has 16 heavy (non-hydrogen) atoms. The van der Waals surface area contributed by atoms with Crippen molar-refractivity contribution < 1.29 is 4.79 Å². The normalized spacial score (nSPS) is 12.3. The van der Waals surface area contributed by atoms with E-state index < -0.39 is 0 Å². The fraction of sp³-hybridized carbons (Fsp3) is 0.182. The third kappa shape index (κ3) is 2.68. The molecular weight excluding hydrogens is 240 g/mol. The van der Waals surface area contributed by atoms with Gasteiger partial charge in [-0.15, -0.1) is 0 Å². The number of aromatic nitrogens is 2. The smallest absolute Gasteiger partial charge is 0.175 e. The van der Waals surface area contributed by atoms with Gasteiger partial charge in [0.25, 0.3) is 0 Å². The summed E-state index contributed by atoms with van der Waals surface area (Å²) in [7, 11) is 0. The Morgan fingerprint density at radius 3 is 2.75 bits per heavy atom. The van der Waals surface area contributed by atoms with Gasteiger partial charge < -0.3 is 0 Å². The second-order valence-electron chi connectivity index (χ2n) is 3.20. The molecule has 0 saturated carbocycles. The molecule has 0 aliphatic heterocycles. The van der Waals surface area contributed by atoms with Crippen LogP contribution in [0.1, 0.15) is 17.3 Å². The molecule has 82 valence electrons. The highest BCUT2D eigenvalue weighted by atomic mass is 32.2. The summed E-state index contributed by atoms with van der Waals surface area (Å²) in [5.41, 5.74) is 0.743. The minimum Gasteiger partial charge on any atom is -0.293 e. The van der Waals surface area contributed by atoms with Gasteiger partial charge in [-0.2, -0.15) is 4.37 Å². The summed E-state index contributed by atoms with van der Waals surface area (Å²) in [5.74, 6) is 0.126. The Kier molecular flexibility index (Phi) is 3.69. The first-order valence-electron chi connectivity index (χ1n) is 4.80. The zero-order valence-electron chi connectivity index (χ0n) is 8.66. The van der Waals surface area contributed by atoms with Gasteiger partial charge >= 0.3 is 0 Å². The van der Waals surface area contributed by atoms with Crippen LogP contribution in [0.2, 0.25) is 0 Å². The Morgan fingerprint density at radius 2 is 2.12 bits per heavy atom. The SMILES string of the molecule is CC(Sc1ncns1)C(=O)c1ccccc1. The van der Waals surface area contributed by atoms with Crippen LogP contribution >= 0.6 is 23.3 Å². The molecule has 0 amide bonds. The van der Waals surface area contributed by atoms with Gasteiger partial charge in [0.15, 0.2) is 10.1 Å². The minimum absolute atomic E-state index is 0.126. The lowest BCUT2D eigenvalue weighted by atomic mass is 10.1. The summed E-state index contributed by atoms with van der Waals surface area (Å²) in [6, 6.07) is 9.31. The molecule has 0 bridgehead atoms. The molecule has 1 unspecified atom stereocenters. The molecule has 0 saturated heterocycles. The van der Waals surface area contributed by atoms with Gasteiger partial charge in [0.05, 0.1) is 5.25 Å². The Balaban J connectivity index is 2.05. The maximum absolute atomic E-state index is 12.0. The lowest BCUT2D eigenvalue weighted by Gasteiger charge is -2.07. The first-order chi connectivity index (χ1) is 7.77. The first-order valence-corrected chi connectivity index (χ1v) is 6.45. The fourth-order valence-corrected chi connectivity index (χ4v) is 2.92. The number of carbonyl (C=O) groups is 1. The van der Waals surface area contributed by atoms with Crippen LogP contribution in [-0.4, -0.2) is 20.4 Å². The summed E-state index contributed by atoms with van der Waals surface area (Å²) in [4.78, 5) is 16.1. The average Bonchev–Trinajstić information content (AvgIpc) is 2.82. The summed E-state index contributed by atoms with van der Waals surface area (Å²) in [5, 5.41) is -0.129. The molecule has 0 aliphatic rings. The maximum Gasteiger partial charge on any atom is 0.175 e. The highest BCUT2D eigenvalue weighted by molar-refractivity contribution is 8.02. The molecular formula is C11H10N2OS2. The van der Waals surface area contributed by atoms with E-state index in [-0.39, 0.29) is 11.0 Å². The topological polar surface area (TPSA) is 42.9 Å². The number of Topliss-reactive ketones (excluding diaryl/α,β-unsaturated/α-hetero) is 1. The second kappa shape index (κ2) is 5.23. The van der Waals surface area contributed by atoms with Gasteiger partial charge in [-0.3, -0.25) is 4.79 Å². The van der Waals surface area contributed by atoms with Crippen LogP contribution in [-0.2, 0) is 0 Å². The van der Waals surface area contributed by atoms with Gasteiger partial charge in [-0.25, -0.2) is 4.98 Å². The fourth-order valence-electron chi connectivity index (χ4n) is 1.26. The van der Waals surface area contributed by atoms with E-state index in [1.165, 1.54) is 29.6 Å². The van der Waals surface area contributed by atoms with Gasteiger partial charge in [0.2, 0.25) is 0 Å². The number of thioether (sulfide) groups is 1. The summed E-state index contributed by atoms with van der Waals surface area (Å²) >= 11 is 2.76. The predicted molar refractivity (Wildman–Crippen MR) is 66.0 cm³/mol. The van der Waals surface area contributed by atoms with Crippen molar-refractivity contribution in [3.8, 4) is 0 Å². The Bertz CT molecular complexity index is 456. The monoisotopic (exact) mass is 250 g/mol. The van der Waals surface area contributed by atoms with Crippen molar-refractivity contribution in [1.29, 1.82) is 0 Å². The number of rotatable bonds is 4. The van der Waals surface area contributed by atoms with E-state index in [4.69, 9.17) is 0 Å². The number of ketones is 1. The van der Waals surface area contributed by atoms with Crippen molar-refractivity contribution in [3.63, 3.8) is 0 Å². The number of carbonyl (C=O) groups excluding carboxylic acids is 1. The molecule has 3 nitrogen and oxygen atoms in total. The molecule has 0 N–H and O–H groups in total. The lowest BCUT2D eigenvalue weighted by molar-refractivity contribution is 0.0994. The third-order valence-electron chi connectivity index (χ3n) is 2.05. The molecule has 5 heteroatoms. The van der Waals surface area contributed by atoms with Crippen molar-refractivity contribution in [1.82, 2.24) is 9.36 Å². The van der Waals surface area contributed by atoms with E-state index in [2.05, 4.69) is 9.36 Å². The van der Waals surface area contributed by atoms with Gasteiger partial charge in [0, 0.05) is 5.56 Å². The predicted octanol–water partition coefficient (Wildman–Crippen LogP) is 2.90. The quantitative estimate of drug-likeness (QED) is 0.618. The molecule has 0 spiro atoms. The highest BCUT2D eigenvalue weighted by Crippen LogP contribution is 2.25. The van der Waals surface area contributed by atoms with Gasteiger partial charge in [-0.05, 0) is 18.5 Å². The third-order valence-corrected chi connectivity index (χ3v) is 3.89. The van der Waals surface area contributed by atoms with Crippen LogP contribution in [0.15, 0.2) is 41.0 Å². The van der Waals surface area contributed by atoms with E-state index >= 15 is 0 Å². The highest BCUT2D eigenvalue weighted by Gasteiger charge is 2.17. The molecule has 1 aromatic carbocycles. The molecule has 0 fully saturated rings. The zero-order chi connectivity index (χ0) is 11.4.